The zero-order chi connectivity index (χ0) is 12.3. The highest BCUT2D eigenvalue weighted by atomic mass is 35.5. The minimum absolute atomic E-state index is 0.118. The molecule has 90 valence electrons. The summed E-state index contributed by atoms with van der Waals surface area (Å²) in [5.74, 6) is 0.716. The number of ether oxygens (including phenoxy) is 1. The van der Waals surface area contributed by atoms with Crippen LogP contribution in [0.15, 0.2) is 24.3 Å². The van der Waals surface area contributed by atoms with Crippen LogP contribution in [0.25, 0.3) is 0 Å². The number of nitrogens with zero attached hydrogens (tertiary/aromatic N) is 2. The molecule has 0 amide bonds. The van der Waals surface area contributed by atoms with Gasteiger partial charge in [0.1, 0.15) is 17.4 Å². The predicted octanol–water partition coefficient (Wildman–Crippen LogP) is 4.07. The molecule has 0 saturated heterocycles. The van der Waals surface area contributed by atoms with Crippen molar-refractivity contribution in [2.24, 2.45) is 0 Å². The van der Waals surface area contributed by atoms with Gasteiger partial charge in [-0.2, -0.15) is 0 Å². The number of hydrogen-bond acceptors (Lipinski definition) is 4. The van der Waals surface area contributed by atoms with Gasteiger partial charge in [0.25, 0.3) is 0 Å². The lowest BCUT2D eigenvalue weighted by Gasteiger charge is -2.03. The van der Waals surface area contributed by atoms with Gasteiger partial charge in [-0.15, -0.1) is 21.8 Å². The summed E-state index contributed by atoms with van der Waals surface area (Å²) in [6.07, 6.45) is 0. The van der Waals surface area contributed by atoms with Crippen molar-refractivity contribution in [2.45, 2.75) is 18.9 Å². The summed E-state index contributed by atoms with van der Waals surface area (Å²) < 4.78 is 5.55. The third-order valence-corrected chi connectivity index (χ3v) is 3.63. The summed E-state index contributed by atoms with van der Waals surface area (Å²) in [7, 11) is 0. The van der Waals surface area contributed by atoms with Crippen molar-refractivity contribution in [3.8, 4) is 5.75 Å². The monoisotopic (exact) mass is 288 g/mol. The summed E-state index contributed by atoms with van der Waals surface area (Å²) in [4.78, 5) is 0. The SMILES string of the molecule is CC(Cl)c1nnc(COc2cccc(Cl)c2)s1. The van der Waals surface area contributed by atoms with Crippen LogP contribution in [0.2, 0.25) is 5.02 Å². The summed E-state index contributed by atoms with van der Waals surface area (Å²) in [6.45, 7) is 2.24. The average molecular weight is 289 g/mol. The van der Waals surface area contributed by atoms with Crippen LogP contribution in [-0.2, 0) is 6.61 Å². The van der Waals surface area contributed by atoms with Gasteiger partial charge < -0.3 is 4.74 Å². The van der Waals surface area contributed by atoms with Gasteiger partial charge in [0, 0.05) is 5.02 Å². The zero-order valence-corrected chi connectivity index (χ0v) is 11.4. The molecule has 17 heavy (non-hydrogen) atoms. The predicted molar refractivity (Wildman–Crippen MR) is 70.0 cm³/mol. The fourth-order valence-corrected chi connectivity index (χ4v) is 2.23. The van der Waals surface area contributed by atoms with Crippen molar-refractivity contribution < 1.29 is 4.74 Å². The van der Waals surface area contributed by atoms with Crippen molar-refractivity contribution in [3.63, 3.8) is 0 Å². The Kier molecular flexibility index (Phi) is 4.20. The van der Waals surface area contributed by atoms with E-state index in [0.717, 1.165) is 10.0 Å². The molecule has 1 aromatic carbocycles. The van der Waals surface area contributed by atoms with E-state index in [2.05, 4.69) is 10.2 Å². The molecular weight excluding hydrogens is 279 g/mol. The minimum Gasteiger partial charge on any atom is -0.486 e. The van der Waals surface area contributed by atoms with Crippen molar-refractivity contribution in [1.82, 2.24) is 10.2 Å². The van der Waals surface area contributed by atoms with Crippen molar-refractivity contribution in [3.05, 3.63) is 39.3 Å². The molecular formula is C11H10Cl2N2OS. The Labute approximate surface area is 113 Å². The molecule has 0 aliphatic carbocycles. The molecule has 0 N–H and O–H groups in total. The van der Waals surface area contributed by atoms with E-state index in [9.17, 15) is 0 Å². The second-order valence-corrected chi connectivity index (χ2v) is 5.58. The quantitative estimate of drug-likeness (QED) is 0.796. The van der Waals surface area contributed by atoms with E-state index in [1.807, 2.05) is 19.1 Å². The Hall–Kier alpha value is -0.840. The van der Waals surface area contributed by atoms with Gasteiger partial charge in [-0.25, -0.2) is 0 Å². The van der Waals surface area contributed by atoms with Gasteiger partial charge in [-0.05, 0) is 25.1 Å². The molecule has 0 aliphatic rings. The van der Waals surface area contributed by atoms with E-state index in [-0.39, 0.29) is 5.38 Å². The highest BCUT2D eigenvalue weighted by molar-refractivity contribution is 7.11. The van der Waals surface area contributed by atoms with E-state index in [0.29, 0.717) is 17.4 Å². The molecule has 3 nitrogen and oxygen atoms in total. The van der Waals surface area contributed by atoms with Crippen LogP contribution in [0.3, 0.4) is 0 Å². The zero-order valence-electron chi connectivity index (χ0n) is 9.06. The van der Waals surface area contributed by atoms with Gasteiger partial charge in [0.05, 0.1) is 5.38 Å². The van der Waals surface area contributed by atoms with Crippen molar-refractivity contribution >= 4 is 34.5 Å². The molecule has 1 atom stereocenters. The lowest BCUT2D eigenvalue weighted by Crippen LogP contribution is -1.94. The molecule has 0 radical (unpaired) electrons. The van der Waals surface area contributed by atoms with Crippen molar-refractivity contribution in [1.29, 1.82) is 0 Å². The standard InChI is InChI=1S/C11H10Cl2N2OS/c1-7(12)11-15-14-10(17-11)6-16-9-4-2-3-8(13)5-9/h2-5,7H,6H2,1H3. The third-order valence-electron chi connectivity index (χ3n) is 1.98. The largest absolute Gasteiger partial charge is 0.486 e. The Morgan fingerprint density at radius 1 is 1.41 bits per heavy atom. The second-order valence-electron chi connectivity index (χ2n) is 3.40. The van der Waals surface area contributed by atoms with Crippen LogP contribution < -0.4 is 4.74 Å². The van der Waals surface area contributed by atoms with Gasteiger partial charge in [0.2, 0.25) is 0 Å². The first-order valence-corrected chi connectivity index (χ1v) is 6.63. The maximum atomic E-state index is 5.90. The Bertz CT molecular complexity index is 502. The summed E-state index contributed by atoms with van der Waals surface area (Å²) in [5.41, 5.74) is 0. The van der Waals surface area contributed by atoms with E-state index in [1.54, 1.807) is 12.1 Å². The van der Waals surface area contributed by atoms with Crippen LogP contribution in [0.5, 0.6) is 5.75 Å². The second kappa shape index (κ2) is 5.67. The molecule has 1 aromatic heterocycles. The van der Waals surface area contributed by atoms with E-state index >= 15 is 0 Å². The average Bonchev–Trinajstić information content (AvgIpc) is 2.75. The maximum Gasteiger partial charge on any atom is 0.155 e. The number of rotatable bonds is 4. The molecule has 0 aliphatic heterocycles. The Morgan fingerprint density at radius 3 is 2.88 bits per heavy atom. The van der Waals surface area contributed by atoms with E-state index < -0.39 is 0 Å². The Morgan fingerprint density at radius 2 is 2.24 bits per heavy atom. The van der Waals surface area contributed by atoms with Gasteiger partial charge in [-0.1, -0.05) is 29.0 Å². The summed E-state index contributed by atoms with van der Waals surface area (Å²) in [5, 5.41) is 10.1. The van der Waals surface area contributed by atoms with Crippen molar-refractivity contribution in [2.75, 3.05) is 0 Å². The molecule has 0 fully saturated rings. The summed E-state index contributed by atoms with van der Waals surface area (Å²) >= 11 is 13.2. The number of alkyl halides is 1. The fraction of sp³-hybridized carbons (Fsp3) is 0.273. The highest BCUT2D eigenvalue weighted by Crippen LogP contribution is 2.24. The molecule has 1 heterocycles. The molecule has 2 aromatic rings. The first-order chi connectivity index (χ1) is 8.15. The molecule has 0 saturated carbocycles. The van der Waals surface area contributed by atoms with E-state index in [4.69, 9.17) is 27.9 Å². The first kappa shape index (κ1) is 12.6. The van der Waals surface area contributed by atoms with Gasteiger partial charge >= 0.3 is 0 Å². The number of aromatic nitrogens is 2. The molecule has 0 bridgehead atoms. The normalized spacial score (nSPS) is 12.4. The topological polar surface area (TPSA) is 35.0 Å². The van der Waals surface area contributed by atoms with Gasteiger partial charge in [0.15, 0.2) is 5.01 Å². The minimum atomic E-state index is -0.118. The van der Waals surface area contributed by atoms with Crippen LogP contribution >= 0.6 is 34.5 Å². The lowest BCUT2D eigenvalue weighted by molar-refractivity contribution is 0.304. The number of halogens is 2. The number of hydrogen-bond donors (Lipinski definition) is 0. The fourth-order valence-electron chi connectivity index (χ4n) is 1.19. The van der Waals surface area contributed by atoms with Crippen LogP contribution in [0, 0.1) is 0 Å². The van der Waals surface area contributed by atoms with Crippen LogP contribution in [0.1, 0.15) is 22.3 Å². The smallest absolute Gasteiger partial charge is 0.155 e. The third kappa shape index (κ3) is 3.56. The Balaban J connectivity index is 1.97. The molecule has 0 spiro atoms. The van der Waals surface area contributed by atoms with Crippen LogP contribution in [-0.4, -0.2) is 10.2 Å². The molecule has 6 heteroatoms. The van der Waals surface area contributed by atoms with Gasteiger partial charge in [-0.3, -0.25) is 0 Å². The molecule has 1 unspecified atom stereocenters. The highest BCUT2D eigenvalue weighted by Gasteiger charge is 2.09. The number of benzene rings is 1. The lowest BCUT2D eigenvalue weighted by atomic mass is 10.3. The first-order valence-electron chi connectivity index (χ1n) is 5.00. The van der Waals surface area contributed by atoms with Crippen LogP contribution in [0.4, 0.5) is 0 Å². The van der Waals surface area contributed by atoms with E-state index in [1.165, 1.54) is 11.3 Å². The summed E-state index contributed by atoms with van der Waals surface area (Å²) in [6, 6.07) is 7.24. The maximum absolute atomic E-state index is 5.90. The molecule has 2 rings (SSSR count).